The Hall–Kier alpha value is -1.63. The molecule has 10 nitrogen and oxygen atoms in total. The Morgan fingerprint density at radius 3 is 2.12 bits per heavy atom. The molecule has 0 N–H and O–H groups in total. The molecule has 0 amide bonds. The summed E-state index contributed by atoms with van der Waals surface area (Å²) in [6.45, 7) is 0.378. The molecule has 0 aliphatic rings. The third-order valence-electron chi connectivity index (χ3n) is 3.87. The minimum atomic E-state index is -1.65. The fourth-order valence-electron chi connectivity index (χ4n) is 2.56. The number of hydrogen-bond acceptors (Lipinski definition) is 10. The summed E-state index contributed by atoms with van der Waals surface area (Å²) in [6.07, 6.45) is 0. The molecule has 0 bridgehead atoms. The van der Waals surface area contributed by atoms with Gasteiger partial charge in [-0.1, -0.05) is 11.6 Å². The second kappa shape index (κ2) is 13.9. The van der Waals surface area contributed by atoms with Gasteiger partial charge in [0.25, 0.3) is 0 Å². The van der Waals surface area contributed by atoms with Crippen LogP contribution < -0.4 is 84.4 Å². The predicted octanol–water partition coefficient (Wildman–Crippen LogP) is -5.95. The molecule has 0 saturated heterocycles. The molecule has 0 saturated carbocycles. The Balaban J connectivity index is 0.00000272. The van der Waals surface area contributed by atoms with E-state index < -0.39 is 29.0 Å². The number of rotatable bonds is 10. The molecule has 3 aromatic rings. The van der Waals surface area contributed by atoms with E-state index in [9.17, 15) is 24.6 Å². The summed E-state index contributed by atoms with van der Waals surface area (Å²) in [5.74, 6) is -3.00. The number of carbonyl (C=O) groups is 2. The first kappa shape index (κ1) is 29.4. The van der Waals surface area contributed by atoms with E-state index in [-0.39, 0.29) is 91.3 Å². The van der Waals surface area contributed by atoms with E-state index in [1.165, 1.54) is 12.1 Å². The van der Waals surface area contributed by atoms with Gasteiger partial charge in [-0.15, -0.1) is 0 Å². The minimum absolute atomic E-state index is 0. The molecular weight excluding hydrogens is 480 g/mol. The van der Waals surface area contributed by atoms with Gasteiger partial charge in [0, 0.05) is 23.2 Å². The van der Waals surface area contributed by atoms with E-state index in [0.717, 1.165) is 12.1 Å². The molecule has 33 heavy (non-hydrogen) atoms. The number of carbonyl (C=O) groups excluding carboxylic acids is 2. The Bertz CT molecular complexity index is 1150. The molecule has 0 aliphatic heterocycles. The number of nitrogens with zero attached hydrogens (tertiary/aromatic N) is 1. The van der Waals surface area contributed by atoms with Crippen LogP contribution >= 0.6 is 11.6 Å². The van der Waals surface area contributed by atoms with Crippen molar-refractivity contribution in [2.75, 3.05) is 26.4 Å². The first-order chi connectivity index (χ1) is 14.8. The van der Waals surface area contributed by atoms with Crippen molar-refractivity contribution in [3.05, 3.63) is 63.2 Å². The second-order valence-corrected chi connectivity index (χ2v) is 6.46. The van der Waals surface area contributed by atoms with Crippen LogP contribution in [0.5, 0.6) is 11.5 Å². The van der Waals surface area contributed by atoms with Gasteiger partial charge < -0.3 is 38.4 Å². The number of ether oxygens (including phenoxy) is 3. The maximum atomic E-state index is 11.6. The maximum absolute atomic E-state index is 11.6. The summed E-state index contributed by atoms with van der Waals surface area (Å²) >= 11 is 5.89. The van der Waals surface area contributed by atoms with Crippen LogP contribution in [0.25, 0.3) is 11.0 Å². The van der Waals surface area contributed by atoms with Crippen molar-refractivity contribution in [3.63, 3.8) is 0 Å². The van der Waals surface area contributed by atoms with E-state index in [4.69, 9.17) is 30.2 Å². The van der Waals surface area contributed by atoms with Crippen LogP contribution in [0.4, 0.5) is 0 Å². The van der Waals surface area contributed by atoms with E-state index in [2.05, 4.69) is 4.98 Å². The quantitative estimate of drug-likeness (QED) is 0.152. The number of aromatic carboxylic acids is 2. The van der Waals surface area contributed by atoms with Crippen molar-refractivity contribution in [1.82, 2.24) is 4.98 Å². The summed E-state index contributed by atoms with van der Waals surface area (Å²) in [5, 5.41) is 22.8. The first-order valence-corrected chi connectivity index (χ1v) is 9.23. The molecular formula is C20H14ClNNa2O9. The van der Waals surface area contributed by atoms with Gasteiger partial charge in [0.05, 0.1) is 48.0 Å². The number of fused-ring (bicyclic) bond motifs is 1. The van der Waals surface area contributed by atoms with Crippen LogP contribution in [0.2, 0.25) is 5.02 Å². The molecule has 0 fully saturated rings. The van der Waals surface area contributed by atoms with Crippen molar-refractivity contribution in [2.24, 2.45) is 0 Å². The topological polar surface area (TPSA) is 151 Å². The summed E-state index contributed by atoms with van der Waals surface area (Å²) in [5.41, 5.74) is -1.46. The molecule has 3 rings (SSSR count). The Morgan fingerprint density at radius 1 is 0.909 bits per heavy atom. The van der Waals surface area contributed by atoms with Crippen molar-refractivity contribution < 1.29 is 97.5 Å². The van der Waals surface area contributed by atoms with E-state index in [0.29, 0.717) is 21.7 Å². The van der Waals surface area contributed by atoms with E-state index in [1.807, 2.05) is 0 Å². The van der Waals surface area contributed by atoms with Gasteiger partial charge >= 0.3 is 64.7 Å². The van der Waals surface area contributed by atoms with Crippen LogP contribution in [0, 0.1) is 0 Å². The van der Waals surface area contributed by atoms with Crippen molar-refractivity contribution in [2.45, 2.75) is 0 Å². The van der Waals surface area contributed by atoms with E-state index >= 15 is 0 Å². The Kier molecular flexibility index (Phi) is 12.4. The van der Waals surface area contributed by atoms with Gasteiger partial charge in [-0.25, -0.2) is 9.78 Å². The predicted molar refractivity (Wildman–Crippen MR) is 102 cm³/mol. The zero-order valence-corrected chi connectivity index (χ0v) is 22.5. The SMILES string of the molecule is O=C([O-])c1cc(OCCOCCOc2cc(=O)oc3cc(Cl)ccc23)cc(C(=O)[O-])n1.[Na+].[Na+]. The number of benzene rings is 1. The molecule has 0 unspecified atom stereocenters. The first-order valence-electron chi connectivity index (χ1n) is 8.85. The standard InChI is InChI=1S/C20H16ClNO9.2Na/c21-11-1-2-13-16(10-18(23)31-17(13)7-11)30-6-4-28-3-5-29-12-8-14(19(24)25)22-15(9-12)20(26)27;;/h1-2,7-10H,3-6H2,(H,24,25)(H,26,27);;/q;2*+1/p-2. The van der Waals surface area contributed by atoms with Gasteiger partial charge in [-0.2, -0.15) is 0 Å². The zero-order valence-electron chi connectivity index (χ0n) is 17.8. The van der Waals surface area contributed by atoms with Gasteiger partial charge in [0.2, 0.25) is 0 Å². The average molecular weight is 494 g/mol. The second-order valence-electron chi connectivity index (χ2n) is 6.03. The summed E-state index contributed by atoms with van der Waals surface area (Å²) in [7, 11) is 0. The molecule has 162 valence electrons. The number of carboxylic acid groups (broad SMARTS) is 2. The smallest absolute Gasteiger partial charge is 0.543 e. The van der Waals surface area contributed by atoms with Crippen LogP contribution in [0.1, 0.15) is 21.0 Å². The normalized spacial score (nSPS) is 10.1. The largest absolute Gasteiger partial charge is 1.00 e. The molecule has 2 aromatic heterocycles. The number of hydrogen-bond donors (Lipinski definition) is 0. The third-order valence-corrected chi connectivity index (χ3v) is 4.10. The van der Waals surface area contributed by atoms with Crippen molar-refractivity contribution >= 4 is 34.5 Å². The molecule has 0 spiro atoms. The molecule has 13 heteroatoms. The molecule has 0 radical (unpaired) electrons. The van der Waals surface area contributed by atoms with Gasteiger partial charge in [0.15, 0.2) is 0 Å². The van der Waals surface area contributed by atoms with Gasteiger partial charge in [0.1, 0.15) is 30.3 Å². The van der Waals surface area contributed by atoms with Gasteiger partial charge in [-0.05, 0) is 12.1 Å². The minimum Gasteiger partial charge on any atom is -0.543 e. The van der Waals surface area contributed by atoms with Crippen LogP contribution in [0.3, 0.4) is 0 Å². The summed E-state index contributed by atoms with van der Waals surface area (Å²) < 4.78 is 21.3. The van der Waals surface area contributed by atoms with Crippen LogP contribution in [0.15, 0.2) is 45.6 Å². The average Bonchev–Trinajstić information content (AvgIpc) is 2.72. The fourth-order valence-corrected chi connectivity index (χ4v) is 2.72. The molecule has 2 heterocycles. The molecule has 0 atom stereocenters. The monoisotopic (exact) mass is 493 g/mol. The Labute approximate surface area is 236 Å². The Morgan fingerprint density at radius 2 is 1.52 bits per heavy atom. The molecule has 1 aromatic carbocycles. The van der Waals surface area contributed by atoms with Crippen LogP contribution in [-0.2, 0) is 4.74 Å². The number of carboxylic acids is 2. The van der Waals surface area contributed by atoms with Crippen molar-refractivity contribution in [1.29, 1.82) is 0 Å². The number of aromatic nitrogens is 1. The van der Waals surface area contributed by atoms with Crippen LogP contribution in [-0.4, -0.2) is 43.4 Å². The maximum Gasteiger partial charge on any atom is 1.00 e. The summed E-state index contributed by atoms with van der Waals surface area (Å²) in [6, 6.07) is 8.09. The third kappa shape index (κ3) is 8.58. The van der Waals surface area contributed by atoms with E-state index in [1.54, 1.807) is 12.1 Å². The zero-order chi connectivity index (χ0) is 22.4. The summed E-state index contributed by atoms with van der Waals surface area (Å²) in [4.78, 5) is 36.8. The molecule has 0 aliphatic carbocycles. The van der Waals surface area contributed by atoms with Crippen molar-refractivity contribution in [3.8, 4) is 11.5 Å². The number of halogens is 1. The fraction of sp³-hybridized carbons (Fsp3) is 0.200. The van der Waals surface area contributed by atoms with Gasteiger partial charge in [-0.3, -0.25) is 0 Å². The number of pyridine rings is 1.